The van der Waals surface area contributed by atoms with Gasteiger partial charge in [-0.2, -0.15) is 0 Å². The highest BCUT2D eigenvalue weighted by atomic mass is 16.1. The lowest BCUT2D eigenvalue weighted by Crippen LogP contribution is -1.89. The van der Waals surface area contributed by atoms with Crippen LogP contribution < -0.4 is 0 Å². The van der Waals surface area contributed by atoms with Crippen LogP contribution in [-0.4, -0.2) is 6.29 Å². The van der Waals surface area contributed by atoms with E-state index in [0.717, 1.165) is 11.8 Å². The van der Waals surface area contributed by atoms with E-state index >= 15 is 0 Å². The average molecular weight is 188 g/mol. The number of aldehydes is 1. The van der Waals surface area contributed by atoms with E-state index in [9.17, 15) is 4.79 Å². The van der Waals surface area contributed by atoms with E-state index in [4.69, 9.17) is 0 Å². The Labute approximate surface area is 85.5 Å². The zero-order valence-electron chi connectivity index (χ0n) is 8.95. The molecule has 0 radical (unpaired) electrons. The summed E-state index contributed by atoms with van der Waals surface area (Å²) in [6.45, 7) is 6.42. The average Bonchev–Trinajstić information content (AvgIpc) is 2.15. The second-order valence-electron chi connectivity index (χ2n) is 3.77. The molecule has 0 saturated heterocycles. The standard InChI is InChI=1S/C13H16O/c1-10(2)13-7-6-12(5-4-8-14)11(3)9-13/h4-10H,1-3H3. The summed E-state index contributed by atoms with van der Waals surface area (Å²) in [4.78, 5) is 10.2. The highest BCUT2D eigenvalue weighted by Gasteiger charge is 2.00. The Bertz CT molecular complexity index is 348. The SMILES string of the molecule is Cc1cc(C(C)C)ccc1C=CC=O. The van der Waals surface area contributed by atoms with Gasteiger partial charge in [0.05, 0.1) is 0 Å². The molecule has 1 heteroatoms. The van der Waals surface area contributed by atoms with E-state index in [-0.39, 0.29) is 0 Å². The molecule has 14 heavy (non-hydrogen) atoms. The quantitative estimate of drug-likeness (QED) is 0.525. The molecule has 1 aromatic carbocycles. The molecule has 1 aromatic rings. The third-order valence-electron chi connectivity index (χ3n) is 2.31. The number of benzene rings is 1. The molecule has 0 saturated carbocycles. The highest BCUT2D eigenvalue weighted by Crippen LogP contribution is 2.19. The number of carbonyl (C=O) groups is 1. The first-order valence-electron chi connectivity index (χ1n) is 4.87. The van der Waals surface area contributed by atoms with Gasteiger partial charge >= 0.3 is 0 Å². The third kappa shape index (κ3) is 2.56. The first-order chi connectivity index (χ1) is 6.65. The van der Waals surface area contributed by atoms with Crippen LogP contribution in [0.15, 0.2) is 24.3 Å². The highest BCUT2D eigenvalue weighted by molar-refractivity contribution is 5.74. The van der Waals surface area contributed by atoms with Gasteiger partial charge in [0, 0.05) is 0 Å². The van der Waals surface area contributed by atoms with E-state index in [1.54, 1.807) is 0 Å². The van der Waals surface area contributed by atoms with E-state index < -0.39 is 0 Å². The van der Waals surface area contributed by atoms with Gasteiger partial charge in [-0.25, -0.2) is 0 Å². The summed E-state index contributed by atoms with van der Waals surface area (Å²) in [5.41, 5.74) is 3.67. The van der Waals surface area contributed by atoms with Gasteiger partial charge in [-0.3, -0.25) is 4.79 Å². The van der Waals surface area contributed by atoms with Crippen molar-refractivity contribution in [3.8, 4) is 0 Å². The lowest BCUT2D eigenvalue weighted by atomic mass is 9.98. The summed E-state index contributed by atoms with van der Waals surface area (Å²) in [5.74, 6) is 0.554. The molecule has 0 aromatic heterocycles. The number of carbonyl (C=O) groups excluding carboxylic acids is 1. The molecule has 1 rings (SSSR count). The second-order valence-corrected chi connectivity index (χ2v) is 3.77. The van der Waals surface area contributed by atoms with Crippen LogP contribution in [0.3, 0.4) is 0 Å². The zero-order chi connectivity index (χ0) is 10.6. The van der Waals surface area contributed by atoms with Crippen LogP contribution in [0.2, 0.25) is 0 Å². The minimum Gasteiger partial charge on any atom is -0.299 e. The van der Waals surface area contributed by atoms with Gasteiger partial charge in [0.2, 0.25) is 0 Å². The van der Waals surface area contributed by atoms with Crippen molar-refractivity contribution in [2.75, 3.05) is 0 Å². The number of allylic oxidation sites excluding steroid dienone is 1. The number of rotatable bonds is 3. The summed E-state index contributed by atoms with van der Waals surface area (Å²) < 4.78 is 0. The van der Waals surface area contributed by atoms with Crippen molar-refractivity contribution in [2.24, 2.45) is 0 Å². The molecule has 1 nitrogen and oxygen atoms in total. The van der Waals surface area contributed by atoms with Crippen LogP contribution in [0.25, 0.3) is 6.08 Å². The number of aryl methyl sites for hydroxylation is 1. The van der Waals surface area contributed by atoms with Gasteiger partial charge in [0.1, 0.15) is 6.29 Å². The Morgan fingerprint density at radius 3 is 2.50 bits per heavy atom. The third-order valence-corrected chi connectivity index (χ3v) is 2.31. The van der Waals surface area contributed by atoms with E-state index in [2.05, 4.69) is 39.0 Å². The van der Waals surface area contributed by atoms with E-state index in [1.165, 1.54) is 17.2 Å². The maximum absolute atomic E-state index is 10.2. The largest absolute Gasteiger partial charge is 0.299 e. The van der Waals surface area contributed by atoms with Crippen LogP contribution in [-0.2, 0) is 4.79 Å². The van der Waals surface area contributed by atoms with Crippen LogP contribution in [0.4, 0.5) is 0 Å². The summed E-state index contributed by atoms with van der Waals surface area (Å²) >= 11 is 0. The molecule has 0 spiro atoms. The Balaban J connectivity index is 3.01. The normalized spacial score (nSPS) is 11.1. The van der Waals surface area contributed by atoms with E-state index in [0.29, 0.717) is 5.92 Å². The molecular formula is C13H16O. The topological polar surface area (TPSA) is 17.1 Å². The van der Waals surface area contributed by atoms with Crippen molar-refractivity contribution in [1.29, 1.82) is 0 Å². The van der Waals surface area contributed by atoms with Crippen LogP contribution >= 0.6 is 0 Å². The zero-order valence-corrected chi connectivity index (χ0v) is 8.95. The summed E-state index contributed by atoms with van der Waals surface area (Å²) in [7, 11) is 0. The summed E-state index contributed by atoms with van der Waals surface area (Å²) in [6.07, 6.45) is 4.17. The van der Waals surface area contributed by atoms with Gasteiger partial charge in [-0.05, 0) is 35.6 Å². The molecule has 0 aliphatic heterocycles. The first kappa shape index (κ1) is 10.7. The molecule has 0 fully saturated rings. The van der Waals surface area contributed by atoms with Crippen molar-refractivity contribution in [3.05, 3.63) is 41.0 Å². The van der Waals surface area contributed by atoms with Crippen LogP contribution in [0.1, 0.15) is 36.5 Å². The van der Waals surface area contributed by atoms with Crippen LogP contribution in [0, 0.1) is 6.92 Å². The molecule has 0 heterocycles. The predicted octanol–water partition coefficient (Wildman–Crippen LogP) is 3.33. The van der Waals surface area contributed by atoms with Gasteiger partial charge in [0.15, 0.2) is 0 Å². The molecule has 0 bridgehead atoms. The Hall–Kier alpha value is -1.37. The summed E-state index contributed by atoms with van der Waals surface area (Å²) in [6, 6.07) is 6.35. The molecule has 0 atom stereocenters. The van der Waals surface area contributed by atoms with Gasteiger partial charge in [0.25, 0.3) is 0 Å². The molecule has 0 unspecified atom stereocenters. The Morgan fingerprint density at radius 1 is 1.29 bits per heavy atom. The monoisotopic (exact) mass is 188 g/mol. The maximum Gasteiger partial charge on any atom is 0.142 e. The number of hydrogen-bond acceptors (Lipinski definition) is 1. The fourth-order valence-corrected chi connectivity index (χ4v) is 1.39. The Morgan fingerprint density at radius 2 is 2.00 bits per heavy atom. The predicted molar refractivity (Wildman–Crippen MR) is 60.4 cm³/mol. The molecule has 0 N–H and O–H groups in total. The Kier molecular flexibility index (Phi) is 3.63. The maximum atomic E-state index is 10.2. The first-order valence-corrected chi connectivity index (χ1v) is 4.87. The second kappa shape index (κ2) is 4.75. The molecule has 0 aliphatic rings. The lowest BCUT2D eigenvalue weighted by molar-refractivity contribution is -0.104. The number of hydrogen-bond donors (Lipinski definition) is 0. The summed E-state index contributed by atoms with van der Waals surface area (Å²) in [5, 5.41) is 0. The van der Waals surface area contributed by atoms with Crippen molar-refractivity contribution in [1.82, 2.24) is 0 Å². The van der Waals surface area contributed by atoms with Gasteiger partial charge < -0.3 is 0 Å². The minimum atomic E-state index is 0.554. The minimum absolute atomic E-state index is 0.554. The molecular weight excluding hydrogens is 172 g/mol. The van der Waals surface area contributed by atoms with E-state index in [1.807, 2.05) is 6.08 Å². The smallest absolute Gasteiger partial charge is 0.142 e. The van der Waals surface area contributed by atoms with Crippen molar-refractivity contribution in [2.45, 2.75) is 26.7 Å². The molecule has 0 amide bonds. The van der Waals surface area contributed by atoms with Crippen LogP contribution in [0.5, 0.6) is 0 Å². The van der Waals surface area contributed by atoms with Gasteiger partial charge in [-0.15, -0.1) is 0 Å². The lowest BCUT2D eigenvalue weighted by Gasteiger charge is -2.08. The van der Waals surface area contributed by atoms with Crippen molar-refractivity contribution >= 4 is 12.4 Å². The fraction of sp³-hybridized carbons (Fsp3) is 0.308. The molecule has 0 aliphatic carbocycles. The van der Waals surface area contributed by atoms with Crippen molar-refractivity contribution in [3.63, 3.8) is 0 Å². The van der Waals surface area contributed by atoms with Crippen molar-refractivity contribution < 1.29 is 4.79 Å². The van der Waals surface area contributed by atoms with Gasteiger partial charge in [-0.1, -0.05) is 38.1 Å². The molecule has 74 valence electrons. The fourth-order valence-electron chi connectivity index (χ4n) is 1.39.